The lowest BCUT2D eigenvalue weighted by atomic mass is 9.47. The Labute approximate surface area is 170 Å². The number of unbranched alkanes of at least 4 members (excludes halogenated alkanes) is 1. The fourth-order valence-electron chi connectivity index (χ4n) is 8.37. The Morgan fingerprint density at radius 3 is 2.59 bits per heavy atom. The van der Waals surface area contributed by atoms with Gasteiger partial charge in [-0.3, -0.25) is 0 Å². The highest BCUT2D eigenvalue weighted by Crippen LogP contribution is 2.67. The normalized spacial score (nSPS) is 46.6. The van der Waals surface area contributed by atoms with Crippen molar-refractivity contribution in [2.75, 3.05) is 0 Å². The van der Waals surface area contributed by atoms with Crippen molar-refractivity contribution in [1.29, 1.82) is 0 Å². The first-order valence-electron chi connectivity index (χ1n) is 12.5. The molecule has 0 aromatic heterocycles. The van der Waals surface area contributed by atoms with Crippen LogP contribution in [0, 0.1) is 46.3 Å². The summed E-state index contributed by atoms with van der Waals surface area (Å²) >= 11 is 0. The molecule has 3 saturated carbocycles. The highest BCUT2D eigenvalue weighted by Gasteiger charge is 2.58. The summed E-state index contributed by atoms with van der Waals surface area (Å²) in [4.78, 5) is 0. The summed E-state index contributed by atoms with van der Waals surface area (Å²) in [7, 11) is 0. The maximum Gasteiger partial charge on any atom is -0.00851 e. The van der Waals surface area contributed by atoms with Crippen LogP contribution < -0.4 is 0 Å². The Morgan fingerprint density at radius 2 is 1.81 bits per heavy atom. The second kappa shape index (κ2) is 7.53. The molecule has 0 aromatic rings. The number of hydrogen-bond donors (Lipinski definition) is 0. The van der Waals surface area contributed by atoms with Crippen LogP contribution >= 0.6 is 0 Å². The predicted octanol–water partition coefficient (Wildman–Crippen LogP) is 8.42. The van der Waals surface area contributed by atoms with Crippen LogP contribution in [0.4, 0.5) is 0 Å². The van der Waals surface area contributed by atoms with Gasteiger partial charge in [0.15, 0.2) is 0 Å². The molecule has 0 nitrogen and oxygen atoms in total. The third kappa shape index (κ3) is 3.46. The molecule has 0 N–H and O–H groups in total. The van der Waals surface area contributed by atoms with Gasteiger partial charge in [0.1, 0.15) is 0 Å². The number of hydrogen-bond acceptors (Lipinski definition) is 0. The zero-order valence-electron chi connectivity index (χ0n) is 19.0. The molecule has 0 bridgehead atoms. The molecular formula is C27H46. The number of rotatable bonds is 5. The van der Waals surface area contributed by atoms with E-state index in [0.717, 1.165) is 35.5 Å². The average molecular weight is 371 g/mol. The van der Waals surface area contributed by atoms with Gasteiger partial charge in [-0.1, -0.05) is 65.5 Å². The van der Waals surface area contributed by atoms with Crippen LogP contribution in [0.15, 0.2) is 11.6 Å². The summed E-state index contributed by atoms with van der Waals surface area (Å²) < 4.78 is 0. The molecule has 0 heteroatoms. The molecule has 0 aromatic carbocycles. The molecule has 4 rings (SSSR count). The number of allylic oxidation sites excluding steroid dienone is 2. The smallest absolute Gasteiger partial charge is 0.00851 e. The molecule has 0 saturated heterocycles. The van der Waals surface area contributed by atoms with Gasteiger partial charge >= 0.3 is 0 Å². The lowest BCUT2D eigenvalue weighted by Crippen LogP contribution is -2.49. The zero-order valence-corrected chi connectivity index (χ0v) is 19.0. The van der Waals surface area contributed by atoms with E-state index in [-0.39, 0.29) is 0 Å². The quantitative estimate of drug-likeness (QED) is 0.336. The van der Waals surface area contributed by atoms with Crippen LogP contribution in [-0.2, 0) is 0 Å². The van der Waals surface area contributed by atoms with Crippen molar-refractivity contribution in [3.8, 4) is 0 Å². The van der Waals surface area contributed by atoms with Crippen molar-refractivity contribution in [1.82, 2.24) is 0 Å². The average Bonchev–Trinajstić information content (AvgIpc) is 2.96. The molecule has 0 spiro atoms. The van der Waals surface area contributed by atoms with Gasteiger partial charge in [-0.05, 0) is 104 Å². The van der Waals surface area contributed by atoms with E-state index >= 15 is 0 Å². The van der Waals surface area contributed by atoms with Crippen molar-refractivity contribution in [3.63, 3.8) is 0 Å². The zero-order chi connectivity index (χ0) is 19.2. The topological polar surface area (TPSA) is 0 Å². The lowest BCUT2D eigenvalue weighted by Gasteiger charge is -2.58. The molecule has 0 heterocycles. The molecule has 154 valence electrons. The Hall–Kier alpha value is -0.260. The molecule has 6 unspecified atom stereocenters. The summed E-state index contributed by atoms with van der Waals surface area (Å²) in [6, 6.07) is 0. The molecule has 4 aliphatic rings. The summed E-state index contributed by atoms with van der Waals surface area (Å²) in [6.07, 6.45) is 20.6. The van der Waals surface area contributed by atoms with E-state index in [4.69, 9.17) is 0 Å². The maximum absolute atomic E-state index is 2.75. The van der Waals surface area contributed by atoms with Gasteiger partial charge in [-0.2, -0.15) is 0 Å². The summed E-state index contributed by atoms with van der Waals surface area (Å²) in [5.74, 6) is 5.88. The minimum absolute atomic E-state index is 0.562. The molecule has 7 atom stereocenters. The SMILES string of the molecule is CC(C)CCCCC1CCC2C3CC=C4CC(C)CCC4(C)C3CC[C@]12C. The highest BCUT2D eigenvalue weighted by atomic mass is 14.6. The van der Waals surface area contributed by atoms with Crippen molar-refractivity contribution in [2.45, 2.75) is 112 Å². The highest BCUT2D eigenvalue weighted by molar-refractivity contribution is 5.24. The molecule has 3 fully saturated rings. The molecule has 0 amide bonds. The van der Waals surface area contributed by atoms with Crippen molar-refractivity contribution < 1.29 is 0 Å². The van der Waals surface area contributed by atoms with Crippen LogP contribution in [-0.4, -0.2) is 0 Å². The Balaban J connectivity index is 1.46. The van der Waals surface area contributed by atoms with Crippen LogP contribution in [0.2, 0.25) is 0 Å². The van der Waals surface area contributed by atoms with Gasteiger partial charge in [-0.25, -0.2) is 0 Å². The van der Waals surface area contributed by atoms with E-state index < -0.39 is 0 Å². The molecule has 27 heavy (non-hydrogen) atoms. The molecule has 0 aliphatic heterocycles. The van der Waals surface area contributed by atoms with Gasteiger partial charge in [-0.15, -0.1) is 0 Å². The maximum atomic E-state index is 2.75. The van der Waals surface area contributed by atoms with Crippen molar-refractivity contribution >= 4 is 0 Å². The van der Waals surface area contributed by atoms with Gasteiger partial charge in [0.25, 0.3) is 0 Å². The van der Waals surface area contributed by atoms with Crippen molar-refractivity contribution in [3.05, 3.63) is 11.6 Å². The minimum atomic E-state index is 0.562. The van der Waals surface area contributed by atoms with E-state index in [2.05, 4.69) is 40.7 Å². The molecular weight excluding hydrogens is 324 g/mol. The van der Waals surface area contributed by atoms with Gasteiger partial charge in [0.05, 0.1) is 0 Å². The van der Waals surface area contributed by atoms with E-state index in [1.807, 2.05) is 5.57 Å². The Kier molecular flexibility index (Phi) is 5.59. The first kappa shape index (κ1) is 20.0. The first-order valence-corrected chi connectivity index (χ1v) is 12.5. The van der Waals surface area contributed by atoms with Crippen molar-refractivity contribution in [2.24, 2.45) is 46.3 Å². The van der Waals surface area contributed by atoms with E-state index in [1.54, 1.807) is 6.42 Å². The first-order chi connectivity index (χ1) is 12.8. The number of fused-ring (bicyclic) bond motifs is 5. The van der Waals surface area contributed by atoms with Crippen LogP contribution in [0.25, 0.3) is 0 Å². The van der Waals surface area contributed by atoms with Crippen LogP contribution in [0.1, 0.15) is 112 Å². The second-order valence-corrected chi connectivity index (χ2v) is 12.1. The largest absolute Gasteiger partial charge is 0.0845 e. The molecule has 0 radical (unpaired) electrons. The molecule has 4 aliphatic carbocycles. The lowest BCUT2D eigenvalue weighted by molar-refractivity contribution is -0.0450. The summed E-state index contributed by atoms with van der Waals surface area (Å²) in [5, 5.41) is 0. The Morgan fingerprint density at radius 1 is 1.00 bits per heavy atom. The summed E-state index contributed by atoms with van der Waals surface area (Å²) in [5.41, 5.74) is 3.10. The van der Waals surface area contributed by atoms with Gasteiger partial charge < -0.3 is 0 Å². The third-order valence-electron chi connectivity index (χ3n) is 10.1. The third-order valence-corrected chi connectivity index (χ3v) is 10.1. The Bertz CT molecular complexity index is 556. The monoisotopic (exact) mass is 370 g/mol. The predicted molar refractivity (Wildman–Crippen MR) is 118 cm³/mol. The van der Waals surface area contributed by atoms with E-state index in [9.17, 15) is 0 Å². The van der Waals surface area contributed by atoms with Gasteiger partial charge in [0, 0.05) is 0 Å². The fourth-order valence-corrected chi connectivity index (χ4v) is 8.37. The second-order valence-electron chi connectivity index (χ2n) is 12.1. The van der Waals surface area contributed by atoms with Crippen LogP contribution in [0.5, 0.6) is 0 Å². The van der Waals surface area contributed by atoms with Crippen LogP contribution in [0.3, 0.4) is 0 Å². The fraction of sp³-hybridized carbons (Fsp3) is 0.926. The van der Waals surface area contributed by atoms with E-state index in [0.29, 0.717) is 10.8 Å². The standard InChI is InChI=1S/C27H46/c1-19(2)8-6-7-9-21-11-13-24-23-12-10-22-18-20(3)14-16-27(22,5)25(23)15-17-26(21,24)4/h10,19-21,23-25H,6-9,11-18H2,1-5H3/t20?,21?,23?,24?,25?,26-,27?/m1/s1. The summed E-state index contributed by atoms with van der Waals surface area (Å²) in [6.45, 7) is 12.6. The van der Waals surface area contributed by atoms with E-state index in [1.165, 1.54) is 70.6 Å². The van der Waals surface area contributed by atoms with Gasteiger partial charge in [0.2, 0.25) is 0 Å². The minimum Gasteiger partial charge on any atom is -0.0845 e.